The van der Waals surface area contributed by atoms with Crippen LogP contribution in [0, 0.1) is 10.1 Å². The van der Waals surface area contributed by atoms with E-state index in [1.165, 1.54) is 18.3 Å². The summed E-state index contributed by atoms with van der Waals surface area (Å²) in [5, 5.41) is 15.3. The smallest absolute Gasteiger partial charge is 0.269 e. The number of aliphatic imine (C=N–C) groups is 1. The van der Waals surface area contributed by atoms with Gasteiger partial charge in [0.2, 0.25) is 0 Å². The first-order valence-corrected chi connectivity index (χ1v) is 8.78. The lowest BCUT2D eigenvalue weighted by Crippen LogP contribution is -2.14. The molecular weight excluding hydrogens is 370 g/mol. The molecule has 0 saturated heterocycles. The summed E-state index contributed by atoms with van der Waals surface area (Å²) in [4.78, 5) is 27.5. The third-order valence-electron chi connectivity index (χ3n) is 4.96. The summed E-state index contributed by atoms with van der Waals surface area (Å²) in [6.45, 7) is 0. The van der Waals surface area contributed by atoms with Crippen molar-refractivity contribution < 1.29 is 9.72 Å². The Hall–Kier alpha value is -4.33. The third kappa shape index (κ3) is 2.50. The molecule has 0 saturated carbocycles. The molecule has 1 aliphatic heterocycles. The van der Waals surface area contributed by atoms with Gasteiger partial charge in [0.05, 0.1) is 33.6 Å². The summed E-state index contributed by atoms with van der Waals surface area (Å²) in [6.07, 6.45) is 3.25. The van der Waals surface area contributed by atoms with Crippen LogP contribution in [0.3, 0.4) is 0 Å². The fraction of sp³-hybridized carbons (Fsp3) is 0. The molecule has 0 radical (unpaired) electrons. The number of non-ortho nitro benzene ring substituents is 1. The average Bonchev–Trinajstić information content (AvgIpc) is 3.09. The van der Waals surface area contributed by atoms with Crippen molar-refractivity contribution in [2.24, 2.45) is 10.7 Å². The van der Waals surface area contributed by atoms with Crippen molar-refractivity contribution in [3.05, 3.63) is 93.8 Å². The lowest BCUT2D eigenvalue weighted by atomic mass is 9.96. The van der Waals surface area contributed by atoms with Crippen LogP contribution in [-0.2, 0) is 0 Å². The monoisotopic (exact) mass is 383 g/mol. The van der Waals surface area contributed by atoms with Gasteiger partial charge in [-0.05, 0) is 24.3 Å². The number of carbonyl (C=O) groups excluding carboxylic acids is 1. The van der Waals surface area contributed by atoms with Crippen LogP contribution in [0.4, 0.5) is 11.4 Å². The van der Waals surface area contributed by atoms with Crippen LogP contribution in [0.15, 0.2) is 72.0 Å². The van der Waals surface area contributed by atoms with Crippen LogP contribution in [0.1, 0.15) is 21.5 Å². The van der Waals surface area contributed by atoms with Crippen molar-refractivity contribution >= 4 is 28.5 Å². The molecule has 5 rings (SSSR count). The van der Waals surface area contributed by atoms with Crippen molar-refractivity contribution in [3.8, 4) is 11.1 Å². The lowest BCUT2D eigenvalue weighted by molar-refractivity contribution is -0.384. The number of nitrogens with zero attached hydrogens (tertiary/aromatic N) is 4. The summed E-state index contributed by atoms with van der Waals surface area (Å²) in [5.74, 6) is -0.573. The van der Waals surface area contributed by atoms with Gasteiger partial charge in [-0.15, -0.1) is 0 Å². The van der Waals surface area contributed by atoms with Gasteiger partial charge in [-0.25, -0.2) is 9.51 Å². The normalized spacial score (nSPS) is 12.2. The van der Waals surface area contributed by atoms with E-state index in [9.17, 15) is 14.9 Å². The molecule has 0 bridgehead atoms. The number of nitro groups is 1. The molecule has 0 atom stereocenters. The maximum absolute atomic E-state index is 12.1. The number of benzene rings is 2. The number of hydrogen-bond donors (Lipinski definition) is 1. The predicted octanol–water partition coefficient (Wildman–Crippen LogP) is 3.49. The number of para-hydroxylation sites is 1. The Bertz CT molecular complexity index is 1350. The van der Waals surface area contributed by atoms with Crippen molar-refractivity contribution in [2.75, 3.05) is 0 Å². The van der Waals surface area contributed by atoms with Crippen molar-refractivity contribution in [2.45, 2.75) is 0 Å². The van der Waals surface area contributed by atoms with Gasteiger partial charge in [-0.3, -0.25) is 14.9 Å². The predicted molar refractivity (Wildman–Crippen MR) is 108 cm³/mol. The zero-order valence-electron chi connectivity index (χ0n) is 14.9. The second kappa shape index (κ2) is 6.10. The Balaban J connectivity index is 1.87. The highest BCUT2D eigenvalue weighted by Gasteiger charge is 2.25. The summed E-state index contributed by atoms with van der Waals surface area (Å²) in [7, 11) is 0. The van der Waals surface area contributed by atoms with Crippen LogP contribution in [-0.4, -0.2) is 26.2 Å². The summed E-state index contributed by atoms with van der Waals surface area (Å²) in [5.41, 5.74) is 10.9. The minimum absolute atomic E-state index is 0.00322. The highest BCUT2D eigenvalue weighted by Crippen LogP contribution is 2.40. The van der Waals surface area contributed by atoms with E-state index in [2.05, 4.69) is 5.10 Å². The fourth-order valence-electron chi connectivity index (χ4n) is 3.65. The first-order valence-electron chi connectivity index (χ1n) is 8.78. The van der Waals surface area contributed by atoms with E-state index >= 15 is 0 Å². The molecule has 8 nitrogen and oxygen atoms in total. The largest absolute Gasteiger partial charge is 0.366 e. The SMILES string of the molecule is NC(=O)c1cnn2ccc3c2c1-c1ccccc1N=C3c1ccc([N+](=O)[O-])cc1. The van der Waals surface area contributed by atoms with Crippen molar-refractivity contribution in [1.82, 2.24) is 9.61 Å². The second-order valence-electron chi connectivity index (χ2n) is 6.60. The number of carbonyl (C=O) groups is 1. The Labute approximate surface area is 164 Å². The summed E-state index contributed by atoms with van der Waals surface area (Å²) < 4.78 is 1.68. The molecule has 0 spiro atoms. The number of fused-ring (bicyclic) bond motifs is 2. The Morgan fingerprint density at radius 1 is 1.03 bits per heavy atom. The number of primary amides is 1. The maximum atomic E-state index is 12.1. The van der Waals surface area contributed by atoms with Crippen molar-refractivity contribution in [3.63, 3.8) is 0 Å². The zero-order valence-corrected chi connectivity index (χ0v) is 14.9. The highest BCUT2D eigenvalue weighted by molar-refractivity contribution is 6.22. The van der Waals surface area contributed by atoms with E-state index in [4.69, 9.17) is 10.7 Å². The van der Waals surface area contributed by atoms with Gasteiger partial charge in [-0.2, -0.15) is 5.10 Å². The van der Waals surface area contributed by atoms with Crippen molar-refractivity contribution in [1.29, 1.82) is 0 Å². The number of hydrogen-bond acceptors (Lipinski definition) is 5. The molecule has 3 heterocycles. The summed E-state index contributed by atoms with van der Waals surface area (Å²) >= 11 is 0. The minimum Gasteiger partial charge on any atom is -0.366 e. The average molecular weight is 383 g/mol. The van der Waals surface area contributed by atoms with E-state index in [-0.39, 0.29) is 5.69 Å². The number of amides is 1. The molecule has 140 valence electrons. The molecule has 1 aliphatic rings. The van der Waals surface area contributed by atoms with Gasteiger partial charge >= 0.3 is 0 Å². The van der Waals surface area contributed by atoms with E-state index in [1.807, 2.05) is 30.3 Å². The molecular formula is C21H13N5O3. The number of rotatable bonds is 3. The van der Waals surface area contributed by atoms with E-state index in [0.717, 1.165) is 16.7 Å². The van der Waals surface area contributed by atoms with Crippen LogP contribution in [0.5, 0.6) is 0 Å². The molecule has 4 aromatic rings. The van der Waals surface area contributed by atoms with E-state index < -0.39 is 10.8 Å². The molecule has 0 aliphatic carbocycles. The molecule has 0 unspecified atom stereocenters. The second-order valence-corrected chi connectivity index (χ2v) is 6.60. The van der Waals surface area contributed by atoms with Gasteiger partial charge in [0.15, 0.2) is 0 Å². The maximum Gasteiger partial charge on any atom is 0.269 e. The fourth-order valence-corrected chi connectivity index (χ4v) is 3.65. The highest BCUT2D eigenvalue weighted by atomic mass is 16.6. The molecule has 2 aromatic heterocycles. The van der Waals surface area contributed by atoms with Gasteiger partial charge in [0.1, 0.15) is 0 Å². The Morgan fingerprint density at radius 2 is 1.79 bits per heavy atom. The summed E-state index contributed by atoms with van der Waals surface area (Å²) in [6, 6.07) is 15.6. The molecule has 8 heteroatoms. The standard InChI is InChI=1S/C21H13N5O3/c22-21(27)16-11-23-25-10-9-15-19(12-5-7-13(8-6-12)26(28)29)24-17-4-2-1-3-14(17)18(16)20(15)25/h1-11H,(H2,22,27). The molecule has 0 fully saturated rings. The minimum atomic E-state index is -0.573. The Morgan fingerprint density at radius 3 is 2.52 bits per heavy atom. The lowest BCUT2D eigenvalue weighted by Gasteiger charge is -2.10. The van der Waals surface area contributed by atoms with Gasteiger partial charge < -0.3 is 5.73 Å². The molecule has 2 N–H and O–H groups in total. The topological polar surface area (TPSA) is 116 Å². The number of aromatic nitrogens is 2. The van der Waals surface area contributed by atoms with E-state index in [0.29, 0.717) is 28.0 Å². The first-order chi connectivity index (χ1) is 14.0. The first kappa shape index (κ1) is 16.8. The van der Waals surface area contributed by atoms with Gasteiger partial charge in [-0.1, -0.05) is 18.2 Å². The number of nitrogens with two attached hydrogens (primary N) is 1. The van der Waals surface area contributed by atoms with Crippen LogP contribution in [0.2, 0.25) is 0 Å². The van der Waals surface area contributed by atoms with Gasteiger partial charge in [0.25, 0.3) is 11.6 Å². The van der Waals surface area contributed by atoms with Crippen LogP contribution >= 0.6 is 0 Å². The molecule has 2 aromatic carbocycles. The number of nitro benzene ring substituents is 1. The third-order valence-corrected chi connectivity index (χ3v) is 4.96. The van der Waals surface area contributed by atoms with Crippen LogP contribution in [0.25, 0.3) is 16.6 Å². The van der Waals surface area contributed by atoms with Crippen LogP contribution < -0.4 is 5.73 Å². The van der Waals surface area contributed by atoms with E-state index in [1.54, 1.807) is 22.8 Å². The zero-order chi connectivity index (χ0) is 20.1. The Kier molecular flexibility index (Phi) is 3.53. The molecule has 29 heavy (non-hydrogen) atoms. The molecule has 1 amide bonds. The van der Waals surface area contributed by atoms with Gasteiger partial charge in [0, 0.05) is 40.6 Å². The quantitative estimate of drug-likeness (QED) is 0.379.